The fourth-order valence-electron chi connectivity index (χ4n) is 0.445. The summed E-state index contributed by atoms with van der Waals surface area (Å²) >= 11 is 1.89. The van der Waals surface area contributed by atoms with Crippen molar-refractivity contribution in [2.24, 2.45) is 5.73 Å². The highest BCUT2D eigenvalue weighted by Crippen LogP contribution is 2.05. The number of carbonyl (C=O) groups is 1. The lowest BCUT2D eigenvalue weighted by Crippen LogP contribution is -2.10. The van der Waals surface area contributed by atoms with Crippen LogP contribution >= 0.6 is 22.6 Å². The van der Waals surface area contributed by atoms with Crippen LogP contribution in [0, 0.1) is 0 Å². The van der Waals surface area contributed by atoms with Crippen LogP contribution in [0.4, 0.5) is 0 Å². The number of hydrogen-bond acceptors (Lipinski definition) is 2. The van der Waals surface area contributed by atoms with Gasteiger partial charge in [-0.05, 0) is 12.8 Å². The van der Waals surface area contributed by atoms with Gasteiger partial charge < -0.3 is 10.8 Å². The average molecular weight is 243 g/mol. The minimum absolute atomic E-state index is 0.299. The summed E-state index contributed by atoms with van der Waals surface area (Å²) in [5, 5.41) is 8.70. The van der Waals surface area contributed by atoms with Gasteiger partial charge in [-0.2, -0.15) is 0 Å². The third kappa shape index (κ3) is 8.16. The summed E-state index contributed by atoms with van der Waals surface area (Å²) in [6.45, 7) is 0. The first-order chi connectivity index (χ1) is 4.13. The number of nitrogens with two attached hydrogens (primary N) is 1. The summed E-state index contributed by atoms with van der Waals surface area (Å²) in [6, 6.07) is 0. The standard InChI is InChI=1S/C5H10INO2/c6-4(8)2-1-3-5(7)9/h4,8H,1-3H2,(H2,7,9). The van der Waals surface area contributed by atoms with E-state index >= 15 is 0 Å². The number of halogens is 1. The predicted molar refractivity (Wildman–Crippen MR) is 43.1 cm³/mol. The molecule has 0 heterocycles. The van der Waals surface area contributed by atoms with Crippen molar-refractivity contribution < 1.29 is 9.90 Å². The van der Waals surface area contributed by atoms with Gasteiger partial charge in [-0.1, -0.05) is 22.6 Å². The third-order valence-electron chi connectivity index (χ3n) is 0.866. The Balaban J connectivity index is 3.01. The molecule has 4 heteroatoms. The van der Waals surface area contributed by atoms with Crippen LogP contribution in [0.2, 0.25) is 0 Å². The molecule has 0 rings (SSSR count). The minimum atomic E-state index is -0.345. The molecule has 0 fully saturated rings. The normalized spacial score (nSPS) is 13.1. The largest absolute Gasteiger partial charge is 0.383 e. The van der Waals surface area contributed by atoms with Crippen molar-refractivity contribution in [3.63, 3.8) is 0 Å². The highest BCUT2D eigenvalue weighted by molar-refractivity contribution is 14.1. The molecule has 54 valence electrons. The molecule has 0 saturated carbocycles. The fourth-order valence-corrected chi connectivity index (χ4v) is 0.885. The van der Waals surface area contributed by atoms with Gasteiger partial charge in [0.2, 0.25) is 5.91 Å². The number of aliphatic hydroxyl groups excluding tert-OH is 1. The van der Waals surface area contributed by atoms with E-state index in [1.165, 1.54) is 0 Å². The first-order valence-corrected chi connectivity index (χ1v) is 3.98. The third-order valence-corrected chi connectivity index (χ3v) is 1.49. The average Bonchev–Trinajstić information content (AvgIpc) is 1.63. The zero-order valence-corrected chi connectivity index (χ0v) is 7.17. The van der Waals surface area contributed by atoms with E-state index < -0.39 is 0 Å². The molecule has 1 amide bonds. The maximum absolute atomic E-state index is 10.1. The van der Waals surface area contributed by atoms with Gasteiger partial charge in [-0.15, -0.1) is 0 Å². The Morgan fingerprint density at radius 2 is 2.33 bits per heavy atom. The van der Waals surface area contributed by atoms with E-state index in [1.54, 1.807) is 0 Å². The van der Waals surface area contributed by atoms with Crippen molar-refractivity contribution >= 4 is 28.5 Å². The topological polar surface area (TPSA) is 63.3 Å². The Labute approximate surface area is 67.8 Å². The summed E-state index contributed by atoms with van der Waals surface area (Å²) in [5.74, 6) is -0.299. The van der Waals surface area contributed by atoms with E-state index in [0.29, 0.717) is 19.3 Å². The van der Waals surface area contributed by atoms with Gasteiger partial charge in [-0.25, -0.2) is 0 Å². The van der Waals surface area contributed by atoms with Crippen molar-refractivity contribution in [3.8, 4) is 0 Å². The van der Waals surface area contributed by atoms with Crippen LogP contribution in [0.1, 0.15) is 19.3 Å². The number of carbonyl (C=O) groups excluding carboxylic acids is 1. The van der Waals surface area contributed by atoms with Gasteiger partial charge in [0.25, 0.3) is 0 Å². The van der Waals surface area contributed by atoms with E-state index in [1.807, 2.05) is 22.6 Å². The van der Waals surface area contributed by atoms with Crippen LogP contribution in [-0.2, 0) is 4.79 Å². The van der Waals surface area contributed by atoms with Gasteiger partial charge >= 0.3 is 0 Å². The second kappa shape index (κ2) is 4.99. The Hall–Kier alpha value is 0.160. The monoisotopic (exact) mass is 243 g/mol. The second-order valence-electron chi connectivity index (χ2n) is 1.79. The molecular formula is C5H10INO2. The molecule has 0 bridgehead atoms. The van der Waals surface area contributed by atoms with Gasteiger partial charge in [0, 0.05) is 6.42 Å². The predicted octanol–water partition coefficient (Wildman–Crippen LogP) is 0.395. The van der Waals surface area contributed by atoms with Crippen LogP contribution < -0.4 is 5.73 Å². The summed E-state index contributed by atoms with van der Waals surface area (Å²) in [7, 11) is 0. The lowest BCUT2D eigenvalue weighted by molar-refractivity contribution is -0.118. The number of aliphatic hydroxyl groups is 1. The summed E-state index contributed by atoms with van der Waals surface area (Å²) in [4.78, 5) is 10.1. The first-order valence-electron chi connectivity index (χ1n) is 2.73. The highest BCUT2D eigenvalue weighted by atomic mass is 127. The van der Waals surface area contributed by atoms with Gasteiger partial charge in [-0.3, -0.25) is 4.79 Å². The van der Waals surface area contributed by atoms with E-state index in [4.69, 9.17) is 10.8 Å². The number of primary amides is 1. The Morgan fingerprint density at radius 1 is 1.78 bits per heavy atom. The molecule has 0 aliphatic rings. The number of rotatable bonds is 4. The van der Waals surface area contributed by atoms with Crippen LogP contribution in [0.25, 0.3) is 0 Å². The maximum Gasteiger partial charge on any atom is 0.217 e. The van der Waals surface area contributed by atoms with Crippen molar-refractivity contribution in [1.82, 2.24) is 0 Å². The lowest BCUT2D eigenvalue weighted by atomic mass is 10.2. The van der Waals surface area contributed by atoms with Crippen molar-refractivity contribution in [2.45, 2.75) is 23.4 Å². The molecule has 0 radical (unpaired) electrons. The Kier molecular flexibility index (Phi) is 5.07. The Bertz CT molecular complexity index is 95.0. The second-order valence-corrected chi connectivity index (χ2v) is 3.23. The SMILES string of the molecule is NC(=O)CCCC(O)I. The molecule has 0 aromatic rings. The van der Waals surface area contributed by atoms with Crippen LogP contribution in [0.3, 0.4) is 0 Å². The van der Waals surface area contributed by atoms with E-state index in [-0.39, 0.29) is 10.0 Å². The summed E-state index contributed by atoms with van der Waals surface area (Å²) < 4.78 is -0.345. The lowest BCUT2D eigenvalue weighted by Gasteiger charge is -1.98. The van der Waals surface area contributed by atoms with E-state index in [0.717, 1.165) is 0 Å². The molecule has 0 aromatic heterocycles. The molecule has 0 spiro atoms. The molecule has 0 aliphatic carbocycles. The zero-order valence-electron chi connectivity index (χ0n) is 5.01. The van der Waals surface area contributed by atoms with Crippen LogP contribution in [0.15, 0.2) is 0 Å². The Morgan fingerprint density at radius 3 is 2.67 bits per heavy atom. The molecule has 1 unspecified atom stereocenters. The van der Waals surface area contributed by atoms with Gasteiger partial charge in [0.15, 0.2) is 0 Å². The summed E-state index contributed by atoms with van der Waals surface area (Å²) in [5.41, 5.74) is 4.86. The molecule has 3 nitrogen and oxygen atoms in total. The molecule has 0 aromatic carbocycles. The quantitative estimate of drug-likeness (QED) is 0.554. The van der Waals surface area contributed by atoms with E-state index in [2.05, 4.69) is 0 Å². The van der Waals surface area contributed by atoms with Crippen molar-refractivity contribution in [3.05, 3.63) is 0 Å². The number of alkyl halides is 1. The number of amides is 1. The highest BCUT2D eigenvalue weighted by Gasteiger charge is 1.98. The molecule has 0 aliphatic heterocycles. The first kappa shape index (κ1) is 9.16. The van der Waals surface area contributed by atoms with Crippen molar-refractivity contribution in [1.29, 1.82) is 0 Å². The van der Waals surface area contributed by atoms with Crippen LogP contribution in [-0.4, -0.2) is 15.1 Å². The molecule has 9 heavy (non-hydrogen) atoms. The molecular weight excluding hydrogens is 233 g/mol. The van der Waals surface area contributed by atoms with Gasteiger partial charge in [0.05, 0.1) is 0 Å². The zero-order chi connectivity index (χ0) is 7.28. The molecule has 0 saturated heterocycles. The summed E-state index contributed by atoms with van der Waals surface area (Å²) in [6.07, 6.45) is 1.70. The van der Waals surface area contributed by atoms with Crippen molar-refractivity contribution in [2.75, 3.05) is 0 Å². The number of hydrogen-bond donors (Lipinski definition) is 2. The fraction of sp³-hybridized carbons (Fsp3) is 0.800. The van der Waals surface area contributed by atoms with Gasteiger partial charge in [0.1, 0.15) is 4.11 Å². The maximum atomic E-state index is 10.1. The smallest absolute Gasteiger partial charge is 0.217 e. The van der Waals surface area contributed by atoms with E-state index in [9.17, 15) is 4.79 Å². The minimum Gasteiger partial charge on any atom is -0.383 e. The molecule has 3 N–H and O–H groups in total. The molecule has 1 atom stereocenters. The van der Waals surface area contributed by atoms with Crippen LogP contribution in [0.5, 0.6) is 0 Å².